The van der Waals surface area contributed by atoms with E-state index in [0.29, 0.717) is 24.5 Å². The van der Waals surface area contributed by atoms with Gasteiger partial charge in [-0.05, 0) is 25.0 Å². The van der Waals surface area contributed by atoms with Gasteiger partial charge in [0.25, 0.3) is 0 Å². The van der Waals surface area contributed by atoms with E-state index in [2.05, 4.69) is 5.32 Å². The molecule has 3 N–H and O–H groups in total. The predicted molar refractivity (Wildman–Crippen MR) is 113 cm³/mol. The van der Waals surface area contributed by atoms with Gasteiger partial charge in [0.1, 0.15) is 18.0 Å². The lowest BCUT2D eigenvalue weighted by molar-refractivity contribution is -0.138. The van der Waals surface area contributed by atoms with Gasteiger partial charge in [0, 0.05) is 37.3 Å². The van der Waals surface area contributed by atoms with Crippen molar-refractivity contribution >= 4 is 11.8 Å². The first-order chi connectivity index (χ1) is 15.0. The zero-order valence-corrected chi connectivity index (χ0v) is 17.7. The van der Waals surface area contributed by atoms with Crippen molar-refractivity contribution in [2.45, 2.75) is 56.5 Å². The van der Waals surface area contributed by atoms with Crippen LogP contribution >= 0.6 is 0 Å². The quantitative estimate of drug-likeness (QED) is 0.589. The smallest absolute Gasteiger partial charge is 0.247 e. The second-order valence-electron chi connectivity index (χ2n) is 8.22. The number of para-hydroxylation sites is 1. The van der Waals surface area contributed by atoms with Crippen molar-refractivity contribution in [1.29, 1.82) is 0 Å². The van der Waals surface area contributed by atoms with Crippen LogP contribution in [0, 0.1) is 0 Å². The molecule has 1 saturated heterocycles. The minimum absolute atomic E-state index is 0.0813. The highest BCUT2D eigenvalue weighted by Gasteiger charge is 2.50. The van der Waals surface area contributed by atoms with Gasteiger partial charge in [0.15, 0.2) is 0 Å². The molecule has 5 atom stereocenters. The van der Waals surface area contributed by atoms with Gasteiger partial charge >= 0.3 is 0 Å². The maximum atomic E-state index is 13.0. The zero-order chi connectivity index (χ0) is 22.0. The molecule has 8 nitrogen and oxygen atoms in total. The standard InChI is InChI=1S/C23H30N2O6/c1-2-19(27)25(13-14-6-5-11-30-14)17-12-16(23(29)24-9-10-26)20-15-7-3-4-8-18(15)31-22(20)21(17)28/h3-4,7-8,12,14,17,20-22,26,28H,2,5-6,9-11,13H2,1H3,(H,24,29)/t14-,17-,20+,21+,22+/m1/s1. The number of hydrogen-bond donors (Lipinski definition) is 3. The molecule has 1 aromatic rings. The van der Waals surface area contributed by atoms with Crippen molar-refractivity contribution in [3.8, 4) is 5.75 Å². The Hall–Kier alpha value is -2.42. The van der Waals surface area contributed by atoms with Crippen molar-refractivity contribution < 1.29 is 29.3 Å². The Balaban J connectivity index is 1.71. The number of nitrogens with one attached hydrogen (secondary N) is 1. The van der Waals surface area contributed by atoms with Gasteiger partial charge in [0.05, 0.1) is 24.7 Å². The first kappa shape index (κ1) is 21.8. The number of aliphatic hydroxyl groups excluding tert-OH is 2. The van der Waals surface area contributed by atoms with E-state index in [0.717, 1.165) is 18.4 Å². The molecular formula is C23H30N2O6. The molecule has 1 aromatic carbocycles. The highest BCUT2D eigenvalue weighted by Crippen LogP contribution is 2.47. The number of hydrogen-bond acceptors (Lipinski definition) is 6. The third-order valence-electron chi connectivity index (χ3n) is 6.28. The van der Waals surface area contributed by atoms with Gasteiger partial charge in [-0.1, -0.05) is 25.1 Å². The van der Waals surface area contributed by atoms with Crippen LogP contribution in [0.4, 0.5) is 0 Å². The molecule has 0 spiro atoms. The molecule has 3 aliphatic rings. The minimum Gasteiger partial charge on any atom is -0.486 e. The molecule has 2 heterocycles. The topological polar surface area (TPSA) is 108 Å². The van der Waals surface area contributed by atoms with Crippen molar-refractivity contribution in [3.05, 3.63) is 41.5 Å². The number of nitrogens with zero attached hydrogens (tertiary/aromatic N) is 1. The van der Waals surface area contributed by atoms with Crippen LogP contribution in [0.15, 0.2) is 35.9 Å². The summed E-state index contributed by atoms with van der Waals surface area (Å²) in [7, 11) is 0. The number of aliphatic hydroxyl groups is 2. The van der Waals surface area contributed by atoms with Gasteiger partial charge in [-0.15, -0.1) is 0 Å². The molecule has 2 amide bonds. The van der Waals surface area contributed by atoms with Crippen molar-refractivity contribution in [2.75, 3.05) is 26.3 Å². The first-order valence-electron chi connectivity index (χ1n) is 11.0. The van der Waals surface area contributed by atoms with E-state index < -0.39 is 24.2 Å². The van der Waals surface area contributed by atoms with Gasteiger partial charge in [-0.3, -0.25) is 9.59 Å². The average Bonchev–Trinajstić information content (AvgIpc) is 3.44. The van der Waals surface area contributed by atoms with Crippen molar-refractivity contribution in [3.63, 3.8) is 0 Å². The third-order valence-corrected chi connectivity index (χ3v) is 6.28. The predicted octanol–water partition coefficient (Wildman–Crippen LogP) is 0.727. The Morgan fingerprint density at radius 1 is 1.29 bits per heavy atom. The molecule has 0 unspecified atom stereocenters. The summed E-state index contributed by atoms with van der Waals surface area (Å²) in [6.45, 7) is 2.76. The van der Waals surface area contributed by atoms with Crippen LogP contribution in [0.25, 0.3) is 0 Å². The number of carbonyl (C=O) groups is 2. The van der Waals surface area contributed by atoms with Crippen LogP contribution in [-0.2, 0) is 14.3 Å². The summed E-state index contributed by atoms with van der Waals surface area (Å²) in [6.07, 6.45) is 2.03. The summed E-state index contributed by atoms with van der Waals surface area (Å²) >= 11 is 0. The van der Waals surface area contributed by atoms with Gasteiger partial charge in [0.2, 0.25) is 11.8 Å². The van der Waals surface area contributed by atoms with Crippen molar-refractivity contribution in [1.82, 2.24) is 10.2 Å². The molecular weight excluding hydrogens is 400 g/mol. The lowest BCUT2D eigenvalue weighted by Crippen LogP contribution is -2.57. The number of benzene rings is 1. The number of amides is 2. The van der Waals surface area contributed by atoms with Gasteiger partial charge in [-0.2, -0.15) is 0 Å². The Morgan fingerprint density at radius 3 is 2.81 bits per heavy atom. The number of fused-ring (bicyclic) bond motifs is 3. The van der Waals surface area contributed by atoms with E-state index in [4.69, 9.17) is 14.6 Å². The Kier molecular flexibility index (Phi) is 6.60. The molecule has 31 heavy (non-hydrogen) atoms. The van der Waals surface area contributed by atoms with Crippen LogP contribution in [0.2, 0.25) is 0 Å². The van der Waals surface area contributed by atoms with Gasteiger partial charge in [-0.25, -0.2) is 0 Å². The van der Waals surface area contributed by atoms with E-state index in [1.165, 1.54) is 0 Å². The number of carbonyl (C=O) groups excluding carboxylic acids is 2. The fourth-order valence-electron chi connectivity index (χ4n) is 4.79. The van der Waals surface area contributed by atoms with E-state index in [1.54, 1.807) is 17.9 Å². The molecule has 0 saturated carbocycles. The SMILES string of the molecule is CCC(=O)N(C[C@H]1CCCO1)[C@@H]1C=C(C(=O)NCCO)[C@@H]2c3ccccc3O[C@@H]2[C@H]1O. The fourth-order valence-corrected chi connectivity index (χ4v) is 4.79. The average molecular weight is 431 g/mol. The summed E-state index contributed by atoms with van der Waals surface area (Å²) in [5.74, 6) is -0.254. The molecule has 4 rings (SSSR count). The lowest BCUT2D eigenvalue weighted by atomic mass is 9.77. The zero-order valence-electron chi connectivity index (χ0n) is 17.7. The molecule has 0 aromatic heterocycles. The van der Waals surface area contributed by atoms with E-state index in [9.17, 15) is 14.7 Å². The molecule has 2 aliphatic heterocycles. The highest BCUT2D eigenvalue weighted by molar-refractivity contribution is 5.96. The van der Waals surface area contributed by atoms with E-state index in [1.807, 2.05) is 24.3 Å². The third kappa shape index (κ3) is 4.20. The summed E-state index contributed by atoms with van der Waals surface area (Å²) in [5, 5.41) is 23.2. The van der Waals surface area contributed by atoms with Crippen LogP contribution in [0.5, 0.6) is 5.75 Å². The molecule has 1 aliphatic carbocycles. The highest BCUT2D eigenvalue weighted by atomic mass is 16.5. The van der Waals surface area contributed by atoms with E-state index in [-0.39, 0.29) is 37.5 Å². The summed E-state index contributed by atoms with van der Waals surface area (Å²) in [4.78, 5) is 27.5. The monoisotopic (exact) mass is 430 g/mol. The lowest BCUT2D eigenvalue weighted by Gasteiger charge is -2.41. The van der Waals surface area contributed by atoms with Crippen LogP contribution in [0.1, 0.15) is 37.7 Å². The fraction of sp³-hybridized carbons (Fsp3) is 0.565. The molecule has 0 bridgehead atoms. The number of rotatable bonds is 7. The van der Waals surface area contributed by atoms with E-state index >= 15 is 0 Å². The Morgan fingerprint density at radius 2 is 2.10 bits per heavy atom. The maximum absolute atomic E-state index is 13.0. The minimum atomic E-state index is -0.997. The van der Waals surface area contributed by atoms with Crippen molar-refractivity contribution in [2.24, 2.45) is 0 Å². The first-order valence-corrected chi connectivity index (χ1v) is 11.0. The summed E-state index contributed by atoms with van der Waals surface area (Å²) in [5.41, 5.74) is 1.28. The summed E-state index contributed by atoms with van der Waals surface area (Å²) in [6, 6.07) is 6.72. The molecule has 0 radical (unpaired) electrons. The Bertz CT molecular complexity index is 850. The second kappa shape index (κ2) is 9.38. The second-order valence-corrected chi connectivity index (χ2v) is 8.22. The van der Waals surface area contributed by atoms with Crippen LogP contribution in [0.3, 0.4) is 0 Å². The normalized spacial score (nSPS) is 28.9. The Labute approximate surface area is 181 Å². The summed E-state index contributed by atoms with van der Waals surface area (Å²) < 4.78 is 11.8. The number of ether oxygens (including phenoxy) is 2. The molecule has 1 fully saturated rings. The van der Waals surface area contributed by atoms with Gasteiger partial charge < -0.3 is 29.9 Å². The van der Waals surface area contributed by atoms with Crippen LogP contribution < -0.4 is 10.1 Å². The molecule has 8 heteroatoms. The maximum Gasteiger partial charge on any atom is 0.247 e. The molecule has 168 valence electrons. The van der Waals surface area contributed by atoms with Crippen LogP contribution in [-0.4, -0.2) is 77.6 Å². The largest absolute Gasteiger partial charge is 0.486 e.